The lowest BCUT2D eigenvalue weighted by molar-refractivity contribution is 0.627. The molecule has 0 unspecified atom stereocenters. The van der Waals surface area contributed by atoms with E-state index in [0.717, 1.165) is 22.0 Å². The van der Waals surface area contributed by atoms with Crippen LogP contribution in [0.3, 0.4) is 0 Å². The molecule has 4 aromatic rings. The van der Waals surface area contributed by atoms with Crippen LogP contribution in [0.5, 0.6) is 0 Å². The van der Waals surface area contributed by atoms with Crippen molar-refractivity contribution in [1.29, 1.82) is 5.26 Å². The van der Waals surface area contributed by atoms with Gasteiger partial charge in [0.1, 0.15) is 11.6 Å². The standard InChI is InChI=1S/C20H14FN5/c1-26-20(19-14(10-22)3-2-4-16(19)21)15(11-24-26)13-6-5-12-7-8-18(23)25-17(12)9-13/h2-9,11H,1H3,(H2,23,25). The molecule has 4 rings (SSSR count). The number of nitriles is 1. The van der Waals surface area contributed by atoms with Crippen LogP contribution in [-0.2, 0) is 7.05 Å². The largest absolute Gasteiger partial charge is 0.384 e. The first-order valence-electron chi connectivity index (χ1n) is 7.96. The molecule has 126 valence electrons. The Bertz CT molecular complexity index is 1190. The molecule has 0 amide bonds. The van der Waals surface area contributed by atoms with Crippen LogP contribution in [0.4, 0.5) is 10.2 Å². The molecule has 0 fully saturated rings. The molecular weight excluding hydrogens is 329 g/mol. The molecule has 5 nitrogen and oxygen atoms in total. The second-order valence-electron chi connectivity index (χ2n) is 5.95. The van der Waals surface area contributed by atoms with Crippen LogP contribution in [-0.4, -0.2) is 14.8 Å². The van der Waals surface area contributed by atoms with Gasteiger partial charge in [-0.3, -0.25) is 4.68 Å². The number of fused-ring (bicyclic) bond motifs is 1. The smallest absolute Gasteiger partial charge is 0.133 e. The fraction of sp³-hybridized carbons (Fsp3) is 0.0500. The van der Waals surface area contributed by atoms with E-state index in [0.29, 0.717) is 11.5 Å². The van der Waals surface area contributed by atoms with Crippen molar-refractivity contribution in [2.45, 2.75) is 0 Å². The Balaban J connectivity index is 1.98. The SMILES string of the molecule is Cn1ncc(-c2ccc3ccc(N)nc3c2)c1-c1c(F)cccc1C#N. The highest BCUT2D eigenvalue weighted by Crippen LogP contribution is 2.36. The molecule has 0 bridgehead atoms. The Morgan fingerprint density at radius 1 is 1.15 bits per heavy atom. The summed E-state index contributed by atoms with van der Waals surface area (Å²) in [7, 11) is 1.73. The van der Waals surface area contributed by atoms with Gasteiger partial charge in [-0.15, -0.1) is 0 Å². The van der Waals surface area contributed by atoms with Gasteiger partial charge in [0.15, 0.2) is 0 Å². The van der Waals surface area contributed by atoms with Crippen molar-refractivity contribution in [3.8, 4) is 28.5 Å². The fourth-order valence-electron chi connectivity index (χ4n) is 3.10. The van der Waals surface area contributed by atoms with E-state index in [9.17, 15) is 9.65 Å². The molecule has 0 radical (unpaired) electrons. The van der Waals surface area contributed by atoms with Crippen molar-refractivity contribution >= 4 is 16.7 Å². The van der Waals surface area contributed by atoms with E-state index in [1.54, 1.807) is 30.1 Å². The van der Waals surface area contributed by atoms with Gasteiger partial charge >= 0.3 is 0 Å². The van der Waals surface area contributed by atoms with Gasteiger partial charge < -0.3 is 5.73 Å². The Hall–Kier alpha value is -3.72. The summed E-state index contributed by atoms with van der Waals surface area (Å²) in [5.74, 6) is -0.0287. The molecule has 0 saturated carbocycles. The third-order valence-electron chi connectivity index (χ3n) is 4.33. The van der Waals surface area contributed by atoms with Gasteiger partial charge in [-0.05, 0) is 35.9 Å². The van der Waals surface area contributed by atoms with Crippen molar-refractivity contribution in [3.63, 3.8) is 0 Å². The summed E-state index contributed by atoms with van der Waals surface area (Å²) in [4.78, 5) is 4.35. The third-order valence-corrected chi connectivity index (χ3v) is 4.33. The molecule has 6 heteroatoms. The van der Waals surface area contributed by atoms with Crippen LogP contribution in [0, 0.1) is 17.1 Å². The Labute approximate surface area is 149 Å². The van der Waals surface area contributed by atoms with Crippen LogP contribution in [0.1, 0.15) is 5.56 Å². The molecule has 2 aromatic carbocycles. The van der Waals surface area contributed by atoms with E-state index < -0.39 is 5.82 Å². The summed E-state index contributed by atoms with van der Waals surface area (Å²) in [6, 6.07) is 15.9. The molecule has 2 heterocycles. The lowest BCUT2D eigenvalue weighted by atomic mass is 9.97. The van der Waals surface area contributed by atoms with E-state index >= 15 is 0 Å². The summed E-state index contributed by atoms with van der Waals surface area (Å²) in [5.41, 5.74) is 9.12. The molecule has 0 saturated heterocycles. The number of benzene rings is 2. The second-order valence-corrected chi connectivity index (χ2v) is 5.95. The van der Waals surface area contributed by atoms with Crippen molar-refractivity contribution < 1.29 is 4.39 Å². The summed E-state index contributed by atoms with van der Waals surface area (Å²) < 4.78 is 16.1. The molecular formula is C20H14FN5. The molecule has 26 heavy (non-hydrogen) atoms. The normalized spacial score (nSPS) is 10.8. The summed E-state index contributed by atoms with van der Waals surface area (Å²) >= 11 is 0. The predicted molar refractivity (Wildman–Crippen MR) is 98.5 cm³/mol. The van der Waals surface area contributed by atoms with Crippen LogP contribution < -0.4 is 5.73 Å². The number of pyridine rings is 1. The first-order chi connectivity index (χ1) is 12.6. The number of nitrogens with zero attached hydrogens (tertiary/aromatic N) is 4. The summed E-state index contributed by atoms with van der Waals surface area (Å²) in [6.07, 6.45) is 1.66. The number of hydrogen-bond donors (Lipinski definition) is 1. The lowest BCUT2D eigenvalue weighted by Crippen LogP contribution is -1.99. The number of aryl methyl sites for hydroxylation is 1. The zero-order valence-corrected chi connectivity index (χ0v) is 13.9. The first-order valence-corrected chi connectivity index (χ1v) is 7.96. The predicted octanol–water partition coefficient (Wildman–Crippen LogP) is 3.90. The van der Waals surface area contributed by atoms with E-state index in [1.165, 1.54) is 12.1 Å². The Morgan fingerprint density at radius 3 is 2.77 bits per heavy atom. The van der Waals surface area contributed by atoms with E-state index in [1.807, 2.05) is 24.3 Å². The van der Waals surface area contributed by atoms with Gasteiger partial charge in [0.2, 0.25) is 0 Å². The molecule has 0 aliphatic carbocycles. The van der Waals surface area contributed by atoms with Crippen molar-refractivity contribution in [2.24, 2.45) is 7.05 Å². The highest BCUT2D eigenvalue weighted by molar-refractivity contribution is 5.90. The number of halogens is 1. The average Bonchev–Trinajstić information content (AvgIpc) is 3.02. The number of anilines is 1. The Morgan fingerprint density at radius 2 is 1.96 bits per heavy atom. The number of nitrogens with two attached hydrogens (primary N) is 1. The maximum absolute atomic E-state index is 14.6. The molecule has 2 aromatic heterocycles. The highest BCUT2D eigenvalue weighted by atomic mass is 19.1. The third kappa shape index (κ3) is 2.47. The number of hydrogen-bond acceptors (Lipinski definition) is 4. The van der Waals surface area contributed by atoms with Crippen LogP contribution in [0.25, 0.3) is 33.3 Å². The maximum atomic E-state index is 14.6. The minimum atomic E-state index is -0.461. The molecule has 0 atom stereocenters. The van der Waals surface area contributed by atoms with E-state index in [4.69, 9.17) is 5.73 Å². The van der Waals surface area contributed by atoms with Crippen molar-refractivity contribution in [2.75, 3.05) is 5.73 Å². The number of rotatable bonds is 2. The van der Waals surface area contributed by atoms with Crippen molar-refractivity contribution in [1.82, 2.24) is 14.8 Å². The number of aromatic nitrogens is 3. The van der Waals surface area contributed by atoms with Crippen LogP contribution in [0.15, 0.2) is 54.7 Å². The van der Waals surface area contributed by atoms with Gasteiger partial charge in [-0.2, -0.15) is 10.4 Å². The second kappa shape index (κ2) is 5.97. The lowest BCUT2D eigenvalue weighted by Gasteiger charge is -2.10. The van der Waals surface area contributed by atoms with Gasteiger partial charge in [-0.1, -0.05) is 18.2 Å². The minimum Gasteiger partial charge on any atom is -0.384 e. The van der Waals surface area contributed by atoms with Crippen LogP contribution in [0.2, 0.25) is 0 Å². The molecule has 2 N–H and O–H groups in total. The Kier molecular flexibility index (Phi) is 3.63. The maximum Gasteiger partial charge on any atom is 0.133 e. The molecule has 0 aliphatic heterocycles. The van der Waals surface area contributed by atoms with Gasteiger partial charge in [0.25, 0.3) is 0 Å². The fourth-order valence-corrected chi connectivity index (χ4v) is 3.10. The van der Waals surface area contributed by atoms with Crippen LogP contribution >= 0.6 is 0 Å². The van der Waals surface area contributed by atoms with Gasteiger partial charge in [0.05, 0.1) is 34.6 Å². The molecule has 0 aliphatic rings. The summed E-state index contributed by atoms with van der Waals surface area (Å²) in [6.45, 7) is 0. The highest BCUT2D eigenvalue weighted by Gasteiger charge is 2.20. The molecule has 0 spiro atoms. The van der Waals surface area contributed by atoms with Gasteiger partial charge in [0, 0.05) is 18.0 Å². The average molecular weight is 343 g/mol. The first kappa shape index (κ1) is 15.8. The number of nitrogen functional groups attached to an aromatic ring is 1. The quantitative estimate of drug-likeness (QED) is 0.598. The summed E-state index contributed by atoms with van der Waals surface area (Å²) in [5, 5.41) is 14.6. The zero-order chi connectivity index (χ0) is 18.3. The van der Waals surface area contributed by atoms with Crippen molar-refractivity contribution in [3.05, 3.63) is 66.1 Å². The monoisotopic (exact) mass is 343 g/mol. The topological polar surface area (TPSA) is 80.5 Å². The minimum absolute atomic E-state index is 0.241. The van der Waals surface area contributed by atoms with E-state index in [2.05, 4.69) is 16.2 Å². The van der Waals surface area contributed by atoms with E-state index in [-0.39, 0.29) is 11.1 Å². The zero-order valence-electron chi connectivity index (χ0n) is 13.9. The van der Waals surface area contributed by atoms with Gasteiger partial charge in [-0.25, -0.2) is 9.37 Å².